The van der Waals surface area contributed by atoms with Crippen LogP contribution >= 0.6 is 0 Å². The molecule has 4 heterocycles. The molecule has 3 aromatic heterocycles. The number of carbonyl (C=O) groups is 2. The van der Waals surface area contributed by atoms with Crippen molar-refractivity contribution in [2.45, 2.75) is 19.8 Å². The van der Waals surface area contributed by atoms with E-state index in [0.717, 1.165) is 18.6 Å². The average molecular weight is 393 g/mol. The number of H-pyrrole nitrogens is 1. The molecule has 0 spiro atoms. The summed E-state index contributed by atoms with van der Waals surface area (Å²) in [5, 5.41) is 9.98. The lowest BCUT2D eigenvalue weighted by molar-refractivity contribution is 0.0665. The lowest BCUT2D eigenvalue weighted by atomic mass is 9.97. The summed E-state index contributed by atoms with van der Waals surface area (Å²) >= 11 is 0. The third-order valence-corrected chi connectivity index (χ3v) is 5.08. The van der Waals surface area contributed by atoms with Gasteiger partial charge < -0.3 is 14.6 Å². The molecule has 0 unspecified atom stereocenters. The molecule has 29 heavy (non-hydrogen) atoms. The Balaban J connectivity index is 1.35. The molecule has 1 saturated heterocycles. The molecule has 2 amide bonds. The van der Waals surface area contributed by atoms with Gasteiger partial charge >= 0.3 is 0 Å². The fourth-order valence-electron chi connectivity index (χ4n) is 3.55. The van der Waals surface area contributed by atoms with Crippen LogP contribution in [0.2, 0.25) is 0 Å². The number of nitrogens with zero attached hydrogens (tertiary/aromatic N) is 3. The van der Waals surface area contributed by atoms with Crippen molar-refractivity contribution < 1.29 is 14.0 Å². The van der Waals surface area contributed by atoms with Gasteiger partial charge in [-0.3, -0.25) is 19.7 Å². The summed E-state index contributed by atoms with van der Waals surface area (Å²) in [7, 11) is 0. The van der Waals surface area contributed by atoms with E-state index >= 15 is 0 Å². The van der Waals surface area contributed by atoms with Crippen LogP contribution in [0.25, 0.3) is 11.5 Å². The number of piperidine rings is 1. The lowest BCUT2D eigenvalue weighted by Crippen LogP contribution is -2.43. The molecular formula is C21H23N5O3. The fourth-order valence-corrected chi connectivity index (χ4v) is 3.55. The molecule has 8 heteroatoms. The second-order valence-corrected chi connectivity index (χ2v) is 7.29. The third-order valence-electron chi connectivity index (χ3n) is 5.08. The molecule has 0 saturated carbocycles. The number of furan rings is 1. The van der Waals surface area contributed by atoms with E-state index in [1.54, 1.807) is 35.5 Å². The molecule has 3 aromatic rings. The highest BCUT2D eigenvalue weighted by Crippen LogP contribution is 2.22. The topological polar surface area (TPSA) is 104 Å². The number of aryl methyl sites for hydroxylation is 1. The van der Waals surface area contributed by atoms with Crippen molar-refractivity contribution in [2.24, 2.45) is 5.92 Å². The zero-order chi connectivity index (χ0) is 20.2. The molecule has 4 rings (SSSR count). The van der Waals surface area contributed by atoms with E-state index in [1.807, 2.05) is 19.1 Å². The molecule has 2 N–H and O–H groups in total. The van der Waals surface area contributed by atoms with Gasteiger partial charge in [-0.1, -0.05) is 0 Å². The molecule has 0 bridgehead atoms. The average Bonchev–Trinajstić information content (AvgIpc) is 3.41. The van der Waals surface area contributed by atoms with Gasteiger partial charge in [-0.25, -0.2) is 0 Å². The summed E-state index contributed by atoms with van der Waals surface area (Å²) in [6.07, 6.45) is 5.04. The van der Waals surface area contributed by atoms with E-state index in [9.17, 15) is 9.59 Å². The summed E-state index contributed by atoms with van der Waals surface area (Å²) in [5.41, 5.74) is 1.58. The van der Waals surface area contributed by atoms with Crippen molar-refractivity contribution in [1.29, 1.82) is 0 Å². The van der Waals surface area contributed by atoms with Crippen LogP contribution in [0, 0.1) is 12.8 Å². The van der Waals surface area contributed by atoms with Crippen LogP contribution in [0.1, 0.15) is 39.4 Å². The zero-order valence-electron chi connectivity index (χ0n) is 16.2. The Morgan fingerprint density at radius 2 is 2.24 bits per heavy atom. The Hall–Kier alpha value is -3.42. The summed E-state index contributed by atoms with van der Waals surface area (Å²) in [5.74, 6) is 1.41. The number of aromatic amines is 1. The minimum atomic E-state index is -0.146. The summed E-state index contributed by atoms with van der Waals surface area (Å²) in [6.45, 7) is 3.67. The van der Waals surface area contributed by atoms with E-state index in [0.29, 0.717) is 42.3 Å². The lowest BCUT2D eigenvalue weighted by Gasteiger charge is -2.32. The van der Waals surface area contributed by atoms with E-state index in [2.05, 4.69) is 20.5 Å². The smallest absolute Gasteiger partial charge is 0.274 e. The molecule has 1 fully saturated rings. The molecule has 8 nitrogen and oxygen atoms in total. The van der Waals surface area contributed by atoms with E-state index in [1.165, 1.54) is 0 Å². The quantitative estimate of drug-likeness (QED) is 0.693. The van der Waals surface area contributed by atoms with Crippen LogP contribution in [0.5, 0.6) is 0 Å². The first kappa shape index (κ1) is 18.9. The number of hydrogen-bond donors (Lipinski definition) is 2. The highest BCUT2D eigenvalue weighted by atomic mass is 16.3. The van der Waals surface area contributed by atoms with Gasteiger partial charge in [-0.15, -0.1) is 0 Å². The molecular weight excluding hydrogens is 370 g/mol. The molecule has 0 aliphatic carbocycles. The van der Waals surface area contributed by atoms with E-state index < -0.39 is 0 Å². The first-order valence-electron chi connectivity index (χ1n) is 9.70. The largest absolute Gasteiger partial charge is 0.460 e. The minimum Gasteiger partial charge on any atom is -0.460 e. The highest BCUT2D eigenvalue weighted by molar-refractivity contribution is 5.94. The molecule has 1 aliphatic rings. The minimum absolute atomic E-state index is 0.112. The second-order valence-electron chi connectivity index (χ2n) is 7.29. The van der Waals surface area contributed by atoms with Crippen LogP contribution in [-0.4, -0.2) is 51.5 Å². The molecule has 0 aromatic carbocycles. The molecule has 150 valence electrons. The van der Waals surface area contributed by atoms with Crippen molar-refractivity contribution >= 4 is 11.8 Å². The number of aromatic nitrogens is 3. The number of amides is 2. The Kier molecular flexibility index (Phi) is 5.41. The molecule has 1 aliphatic heterocycles. The monoisotopic (exact) mass is 393 g/mol. The van der Waals surface area contributed by atoms with Crippen LogP contribution in [0.4, 0.5) is 0 Å². The number of rotatable bonds is 5. The van der Waals surface area contributed by atoms with Gasteiger partial charge in [0, 0.05) is 38.1 Å². The Bertz CT molecular complexity index is 995. The maximum absolute atomic E-state index is 12.9. The van der Waals surface area contributed by atoms with Gasteiger partial charge in [0.15, 0.2) is 11.5 Å². The first-order chi connectivity index (χ1) is 14.1. The number of carbonyl (C=O) groups excluding carboxylic acids is 2. The summed E-state index contributed by atoms with van der Waals surface area (Å²) < 4.78 is 5.58. The van der Waals surface area contributed by atoms with Crippen molar-refractivity contribution in [3.8, 4) is 11.5 Å². The standard InChI is InChI=1S/C21H23N5O3/c1-14-6-7-19(29-14)17-10-18(25-24-17)21(28)26-9-3-4-15(13-26)11-23-20(27)16-5-2-8-22-12-16/h2,5-8,10,12,15H,3-4,9,11,13H2,1H3,(H,23,27)(H,24,25)/t15-/m0/s1. The zero-order valence-corrected chi connectivity index (χ0v) is 16.2. The van der Waals surface area contributed by atoms with Gasteiger partial charge in [-0.05, 0) is 49.9 Å². The predicted molar refractivity (Wildman–Crippen MR) is 106 cm³/mol. The van der Waals surface area contributed by atoms with Gasteiger partial charge in [0.1, 0.15) is 11.5 Å². The fraction of sp³-hybridized carbons (Fsp3) is 0.333. The maximum atomic E-state index is 12.9. The third kappa shape index (κ3) is 4.37. The number of likely N-dealkylation sites (tertiary alicyclic amines) is 1. The summed E-state index contributed by atoms with van der Waals surface area (Å²) in [6, 6.07) is 8.90. The van der Waals surface area contributed by atoms with E-state index in [-0.39, 0.29) is 17.7 Å². The van der Waals surface area contributed by atoms with Crippen molar-refractivity contribution in [3.63, 3.8) is 0 Å². The van der Waals surface area contributed by atoms with Crippen molar-refractivity contribution in [2.75, 3.05) is 19.6 Å². The highest BCUT2D eigenvalue weighted by Gasteiger charge is 2.26. The van der Waals surface area contributed by atoms with Gasteiger partial charge in [0.25, 0.3) is 11.8 Å². The molecule has 1 atom stereocenters. The maximum Gasteiger partial charge on any atom is 0.274 e. The molecule has 0 radical (unpaired) electrons. The van der Waals surface area contributed by atoms with Gasteiger partial charge in [0.2, 0.25) is 0 Å². The SMILES string of the molecule is Cc1ccc(-c2cc(C(=O)N3CCC[C@@H](CNC(=O)c4cccnc4)C3)n[nH]2)o1. The second kappa shape index (κ2) is 8.30. The van der Waals surface area contributed by atoms with Crippen LogP contribution in [0.3, 0.4) is 0 Å². The van der Waals surface area contributed by atoms with Crippen LogP contribution < -0.4 is 5.32 Å². The Morgan fingerprint density at radius 3 is 3.00 bits per heavy atom. The van der Waals surface area contributed by atoms with E-state index in [4.69, 9.17) is 4.42 Å². The number of nitrogens with one attached hydrogen (secondary N) is 2. The first-order valence-corrected chi connectivity index (χ1v) is 9.70. The Morgan fingerprint density at radius 1 is 1.34 bits per heavy atom. The predicted octanol–water partition coefficient (Wildman–Crippen LogP) is 2.66. The normalized spacial score (nSPS) is 16.6. The van der Waals surface area contributed by atoms with Crippen molar-refractivity contribution in [1.82, 2.24) is 25.4 Å². The van der Waals surface area contributed by atoms with Crippen molar-refractivity contribution in [3.05, 3.63) is 59.7 Å². The number of pyridine rings is 1. The number of hydrogen-bond acceptors (Lipinski definition) is 5. The van der Waals surface area contributed by atoms with Crippen LogP contribution in [-0.2, 0) is 0 Å². The van der Waals surface area contributed by atoms with Crippen LogP contribution in [0.15, 0.2) is 47.1 Å². The summed E-state index contributed by atoms with van der Waals surface area (Å²) in [4.78, 5) is 30.8. The van der Waals surface area contributed by atoms with Gasteiger partial charge in [0.05, 0.1) is 5.56 Å². The Labute approximate surface area is 168 Å². The van der Waals surface area contributed by atoms with Gasteiger partial charge in [-0.2, -0.15) is 5.10 Å².